The Hall–Kier alpha value is -2.27. The summed E-state index contributed by atoms with van der Waals surface area (Å²) in [6, 6.07) is 10.2. The summed E-state index contributed by atoms with van der Waals surface area (Å²) in [7, 11) is 0. The molecule has 108 valence electrons. The van der Waals surface area contributed by atoms with E-state index in [-0.39, 0.29) is 12.0 Å². The number of nitrogens with zero attached hydrogens (tertiary/aromatic N) is 3. The SMILES string of the molecule is O=C(c1cnccn1)N1CCOC(Cc2ccccc2)C1. The molecule has 0 N–H and O–H groups in total. The van der Waals surface area contributed by atoms with Gasteiger partial charge in [-0.05, 0) is 5.56 Å². The van der Waals surface area contributed by atoms with E-state index in [1.54, 1.807) is 11.1 Å². The molecule has 1 unspecified atom stereocenters. The molecule has 2 aromatic rings. The van der Waals surface area contributed by atoms with Crippen molar-refractivity contribution in [1.82, 2.24) is 14.9 Å². The Morgan fingerprint density at radius 1 is 1.29 bits per heavy atom. The van der Waals surface area contributed by atoms with Crippen molar-refractivity contribution in [3.63, 3.8) is 0 Å². The summed E-state index contributed by atoms with van der Waals surface area (Å²) in [5, 5.41) is 0. The monoisotopic (exact) mass is 283 g/mol. The van der Waals surface area contributed by atoms with Gasteiger partial charge in [-0.2, -0.15) is 0 Å². The maximum Gasteiger partial charge on any atom is 0.274 e. The molecule has 0 aliphatic carbocycles. The van der Waals surface area contributed by atoms with Gasteiger partial charge in [0, 0.05) is 31.9 Å². The van der Waals surface area contributed by atoms with Crippen molar-refractivity contribution in [3.05, 3.63) is 60.2 Å². The van der Waals surface area contributed by atoms with E-state index in [0.717, 1.165) is 6.42 Å². The van der Waals surface area contributed by atoms with E-state index in [1.165, 1.54) is 18.0 Å². The third-order valence-corrected chi connectivity index (χ3v) is 3.51. The first kappa shape index (κ1) is 13.7. The second-order valence-electron chi connectivity index (χ2n) is 5.02. The molecule has 1 atom stereocenters. The Morgan fingerprint density at radius 3 is 2.90 bits per heavy atom. The Kier molecular flexibility index (Phi) is 4.21. The maximum absolute atomic E-state index is 12.4. The van der Waals surface area contributed by atoms with Gasteiger partial charge >= 0.3 is 0 Å². The summed E-state index contributed by atoms with van der Waals surface area (Å²) in [6.45, 7) is 1.74. The number of benzene rings is 1. The molecule has 1 amide bonds. The summed E-state index contributed by atoms with van der Waals surface area (Å²) in [6.07, 6.45) is 5.44. The fraction of sp³-hybridized carbons (Fsp3) is 0.312. The number of amides is 1. The number of hydrogen-bond donors (Lipinski definition) is 0. The highest BCUT2D eigenvalue weighted by molar-refractivity contribution is 5.92. The smallest absolute Gasteiger partial charge is 0.274 e. The topological polar surface area (TPSA) is 55.3 Å². The van der Waals surface area contributed by atoms with Gasteiger partial charge in [0.25, 0.3) is 5.91 Å². The third kappa shape index (κ3) is 3.44. The molecule has 0 spiro atoms. The first-order valence-corrected chi connectivity index (χ1v) is 7.04. The van der Waals surface area contributed by atoms with Gasteiger partial charge in [-0.3, -0.25) is 9.78 Å². The molecule has 2 heterocycles. The lowest BCUT2D eigenvalue weighted by Crippen LogP contribution is -2.46. The summed E-state index contributed by atoms with van der Waals surface area (Å²) < 4.78 is 5.77. The Balaban J connectivity index is 1.64. The molecular weight excluding hydrogens is 266 g/mol. The van der Waals surface area contributed by atoms with Gasteiger partial charge in [-0.15, -0.1) is 0 Å². The Labute approximate surface area is 123 Å². The van der Waals surface area contributed by atoms with Crippen LogP contribution < -0.4 is 0 Å². The van der Waals surface area contributed by atoms with Gasteiger partial charge in [0.15, 0.2) is 0 Å². The number of ether oxygens (including phenoxy) is 1. The molecular formula is C16H17N3O2. The van der Waals surface area contributed by atoms with Crippen LogP contribution in [0.5, 0.6) is 0 Å². The lowest BCUT2D eigenvalue weighted by atomic mass is 10.1. The maximum atomic E-state index is 12.4. The van der Waals surface area contributed by atoms with Crippen LogP contribution in [0.4, 0.5) is 0 Å². The zero-order chi connectivity index (χ0) is 14.5. The Morgan fingerprint density at radius 2 is 2.14 bits per heavy atom. The standard InChI is InChI=1S/C16H17N3O2/c20-16(15-11-17-6-7-18-15)19-8-9-21-14(12-19)10-13-4-2-1-3-5-13/h1-7,11,14H,8-10,12H2. The van der Waals surface area contributed by atoms with Crippen molar-refractivity contribution in [1.29, 1.82) is 0 Å². The third-order valence-electron chi connectivity index (χ3n) is 3.51. The van der Waals surface area contributed by atoms with Crippen LogP contribution in [0.15, 0.2) is 48.9 Å². The van der Waals surface area contributed by atoms with Gasteiger partial charge in [0.2, 0.25) is 0 Å². The van der Waals surface area contributed by atoms with Gasteiger partial charge < -0.3 is 9.64 Å². The highest BCUT2D eigenvalue weighted by atomic mass is 16.5. The predicted molar refractivity (Wildman–Crippen MR) is 77.8 cm³/mol. The van der Waals surface area contributed by atoms with E-state index < -0.39 is 0 Å². The molecule has 5 nitrogen and oxygen atoms in total. The van der Waals surface area contributed by atoms with E-state index in [2.05, 4.69) is 22.1 Å². The van der Waals surface area contributed by atoms with Crippen molar-refractivity contribution < 1.29 is 9.53 Å². The van der Waals surface area contributed by atoms with Crippen molar-refractivity contribution in [3.8, 4) is 0 Å². The highest BCUT2D eigenvalue weighted by Crippen LogP contribution is 2.13. The van der Waals surface area contributed by atoms with Crippen LogP contribution in [0.1, 0.15) is 16.1 Å². The molecule has 0 saturated carbocycles. The number of aromatic nitrogens is 2. The molecule has 3 rings (SSSR count). The first-order valence-electron chi connectivity index (χ1n) is 7.04. The van der Waals surface area contributed by atoms with Crippen LogP contribution in [0, 0.1) is 0 Å². The quantitative estimate of drug-likeness (QED) is 0.858. The molecule has 1 aliphatic heterocycles. The molecule has 21 heavy (non-hydrogen) atoms. The minimum Gasteiger partial charge on any atom is -0.374 e. The Bertz CT molecular complexity index is 589. The van der Waals surface area contributed by atoms with Crippen molar-refractivity contribution in [2.24, 2.45) is 0 Å². The lowest BCUT2D eigenvalue weighted by molar-refractivity contribution is -0.0210. The zero-order valence-electron chi connectivity index (χ0n) is 11.7. The normalized spacial score (nSPS) is 18.5. The van der Waals surface area contributed by atoms with Crippen LogP contribution >= 0.6 is 0 Å². The number of carbonyl (C=O) groups is 1. The van der Waals surface area contributed by atoms with E-state index in [9.17, 15) is 4.79 Å². The molecule has 1 aromatic carbocycles. The van der Waals surface area contributed by atoms with Gasteiger partial charge in [-0.1, -0.05) is 30.3 Å². The van der Waals surface area contributed by atoms with E-state index in [1.807, 2.05) is 18.2 Å². The summed E-state index contributed by atoms with van der Waals surface area (Å²) in [4.78, 5) is 22.2. The molecule has 5 heteroatoms. The second kappa shape index (κ2) is 6.45. The molecule has 0 radical (unpaired) electrons. The largest absolute Gasteiger partial charge is 0.374 e. The van der Waals surface area contributed by atoms with Gasteiger partial charge in [0.05, 0.1) is 18.9 Å². The van der Waals surface area contributed by atoms with Crippen LogP contribution in [-0.4, -0.2) is 46.6 Å². The number of rotatable bonds is 3. The minimum atomic E-state index is -0.0792. The average molecular weight is 283 g/mol. The van der Waals surface area contributed by atoms with Crippen molar-refractivity contribution in [2.75, 3.05) is 19.7 Å². The summed E-state index contributed by atoms with van der Waals surface area (Å²) in [5.41, 5.74) is 1.61. The fourth-order valence-corrected chi connectivity index (χ4v) is 2.48. The average Bonchev–Trinajstić information content (AvgIpc) is 2.56. The van der Waals surface area contributed by atoms with Crippen LogP contribution in [-0.2, 0) is 11.2 Å². The number of carbonyl (C=O) groups excluding carboxylic acids is 1. The molecule has 1 aromatic heterocycles. The number of morpholine rings is 1. The van der Waals surface area contributed by atoms with Gasteiger partial charge in [-0.25, -0.2) is 4.98 Å². The summed E-state index contributed by atoms with van der Waals surface area (Å²) >= 11 is 0. The van der Waals surface area contributed by atoms with E-state index in [4.69, 9.17) is 4.74 Å². The first-order chi connectivity index (χ1) is 10.3. The molecule has 1 aliphatic rings. The second-order valence-corrected chi connectivity index (χ2v) is 5.02. The predicted octanol–water partition coefficient (Wildman–Crippen LogP) is 1.56. The van der Waals surface area contributed by atoms with Crippen LogP contribution in [0.25, 0.3) is 0 Å². The van der Waals surface area contributed by atoms with E-state index in [0.29, 0.717) is 25.4 Å². The van der Waals surface area contributed by atoms with Crippen LogP contribution in [0.2, 0.25) is 0 Å². The van der Waals surface area contributed by atoms with E-state index >= 15 is 0 Å². The molecule has 0 bridgehead atoms. The molecule has 1 saturated heterocycles. The summed E-state index contributed by atoms with van der Waals surface area (Å²) in [5.74, 6) is -0.0792. The van der Waals surface area contributed by atoms with Crippen LogP contribution in [0.3, 0.4) is 0 Å². The lowest BCUT2D eigenvalue weighted by Gasteiger charge is -2.32. The molecule has 1 fully saturated rings. The highest BCUT2D eigenvalue weighted by Gasteiger charge is 2.25. The van der Waals surface area contributed by atoms with Crippen molar-refractivity contribution in [2.45, 2.75) is 12.5 Å². The van der Waals surface area contributed by atoms with Gasteiger partial charge in [0.1, 0.15) is 5.69 Å². The number of hydrogen-bond acceptors (Lipinski definition) is 4. The zero-order valence-corrected chi connectivity index (χ0v) is 11.7. The van der Waals surface area contributed by atoms with Crippen molar-refractivity contribution >= 4 is 5.91 Å². The fourth-order valence-electron chi connectivity index (χ4n) is 2.48. The minimum absolute atomic E-state index is 0.0294.